The molecule has 0 radical (unpaired) electrons. The minimum atomic E-state index is -4.42. The van der Waals surface area contributed by atoms with Gasteiger partial charge in [-0.15, -0.1) is 0 Å². The quantitative estimate of drug-likeness (QED) is 0.298. The van der Waals surface area contributed by atoms with Gasteiger partial charge in [-0.25, -0.2) is 9.07 Å². The van der Waals surface area contributed by atoms with Crippen LogP contribution in [-0.4, -0.2) is 14.8 Å². The predicted molar refractivity (Wildman–Crippen MR) is 126 cm³/mol. The summed E-state index contributed by atoms with van der Waals surface area (Å²) in [4.78, 5) is 15.8. The Morgan fingerprint density at radius 1 is 0.914 bits per heavy atom. The lowest BCUT2D eigenvalue weighted by atomic mass is 10.1. The average Bonchev–Trinajstić information content (AvgIpc) is 3.21. The number of rotatable bonds is 5. The van der Waals surface area contributed by atoms with E-state index in [1.165, 1.54) is 24.3 Å². The minimum Gasteiger partial charge on any atom is -0.381 e. The number of alkyl halides is 3. The summed E-state index contributed by atoms with van der Waals surface area (Å²) < 4.78 is 53.5. The Bertz CT molecular complexity index is 1540. The van der Waals surface area contributed by atoms with Crippen molar-refractivity contribution in [3.05, 3.63) is 112 Å². The molecule has 0 fully saturated rings. The molecule has 0 saturated heterocycles. The van der Waals surface area contributed by atoms with Crippen LogP contribution in [0, 0.1) is 5.82 Å². The Labute approximate surface area is 196 Å². The van der Waals surface area contributed by atoms with E-state index in [0.29, 0.717) is 33.5 Å². The number of aromatic amines is 1. The molecule has 0 spiro atoms. The van der Waals surface area contributed by atoms with Gasteiger partial charge in [0.15, 0.2) is 0 Å². The highest BCUT2D eigenvalue weighted by Crippen LogP contribution is 2.31. The summed E-state index contributed by atoms with van der Waals surface area (Å²) in [5.74, 6) is -0.379. The number of nitrogens with zero attached hydrogens (tertiary/aromatic N) is 2. The SMILES string of the molecule is O=c1[nH]c2c(cc1CNc1ccc(C(F)(F)F)cc1)c(-c1ccc(F)cc1)nn2-c1ccccc1. The van der Waals surface area contributed by atoms with E-state index in [2.05, 4.69) is 15.4 Å². The molecule has 3 aromatic carbocycles. The summed E-state index contributed by atoms with van der Waals surface area (Å²) in [6.07, 6.45) is -4.42. The third-order valence-electron chi connectivity index (χ3n) is 5.58. The van der Waals surface area contributed by atoms with Crippen molar-refractivity contribution in [2.45, 2.75) is 12.7 Å². The van der Waals surface area contributed by atoms with Crippen LogP contribution in [0.1, 0.15) is 11.1 Å². The number of nitrogens with one attached hydrogen (secondary N) is 2. The largest absolute Gasteiger partial charge is 0.416 e. The van der Waals surface area contributed by atoms with Crippen molar-refractivity contribution >= 4 is 16.7 Å². The highest BCUT2D eigenvalue weighted by atomic mass is 19.4. The summed E-state index contributed by atoms with van der Waals surface area (Å²) >= 11 is 0. The van der Waals surface area contributed by atoms with Gasteiger partial charge < -0.3 is 10.3 Å². The first-order chi connectivity index (χ1) is 16.8. The molecule has 176 valence electrons. The predicted octanol–water partition coefficient (Wildman–Crippen LogP) is 6.15. The normalized spacial score (nSPS) is 11.7. The molecule has 35 heavy (non-hydrogen) atoms. The van der Waals surface area contributed by atoms with Crippen LogP contribution in [0.5, 0.6) is 0 Å². The Hall–Kier alpha value is -4.40. The van der Waals surface area contributed by atoms with Crippen molar-refractivity contribution in [2.75, 3.05) is 5.32 Å². The number of anilines is 1. The van der Waals surface area contributed by atoms with Crippen molar-refractivity contribution in [2.24, 2.45) is 0 Å². The van der Waals surface area contributed by atoms with Gasteiger partial charge in [0.05, 0.1) is 11.3 Å². The number of halogens is 4. The van der Waals surface area contributed by atoms with Crippen LogP contribution in [0.15, 0.2) is 89.7 Å². The third-order valence-corrected chi connectivity index (χ3v) is 5.58. The minimum absolute atomic E-state index is 0.0794. The molecule has 5 rings (SSSR count). The van der Waals surface area contributed by atoms with E-state index >= 15 is 0 Å². The molecule has 0 unspecified atom stereocenters. The van der Waals surface area contributed by atoms with Gasteiger partial charge >= 0.3 is 6.18 Å². The first kappa shape index (κ1) is 22.4. The number of pyridine rings is 1. The van der Waals surface area contributed by atoms with Crippen molar-refractivity contribution in [3.8, 4) is 16.9 Å². The monoisotopic (exact) mass is 478 g/mol. The molecule has 5 nitrogen and oxygen atoms in total. The summed E-state index contributed by atoms with van der Waals surface area (Å²) in [5, 5.41) is 8.32. The third kappa shape index (κ3) is 4.52. The van der Waals surface area contributed by atoms with Gasteiger partial charge in [-0.05, 0) is 66.7 Å². The number of hydrogen-bond acceptors (Lipinski definition) is 3. The Balaban J connectivity index is 1.55. The molecule has 0 aliphatic heterocycles. The Kier molecular flexibility index (Phi) is 5.60. The lowest BCUT2D eigenvalue weighted by Gasteiger charge is -2.10. The number of H-pyrrole nitrogens is 1. The van der Waals surface area contributed by atoms with Crippen LogP contribution >= 0.6 is 0 Å². The number of para-hydroxylation sites is 1. The van der Waals surface area contributed by atoms with Crippen molar-refractivity contribution in [1.29, 1.82) is 0 Å². The van der Waals surface area contributed by atoms with Crippen LogP contribution in [0.2, 0.25) is 0 Å². The molecule has 0 aliphatic carbocycles. The van der Waals surface area contributed by atoms with E-state index in [1.54, 1.807) is 22.9 Å². The van der Waals surface area contributed by atoms with E-state index in [4.69, 9.17) is 0 Å². The second kappa shape index (κ2) is 8.75. The van der Waals surface area contributed by atoms with Crippen molar-refractivity contribution < 1.29 is 17.6 Å². The summed E-state index contributed by atoms with van der Waals surface area (Å²) in [5.41, 5.74) is 2.12. The molecule has 0 bridgehead atoms. The van der Waals surface area contributed by atoms with Gasteiger partial charge in [0.25, 0.3) is 5.56 Å². The fourth-order valence-corrected chi connectivity index (χ4v) is 3.80. The fourth-order valence-electron chi connectivity index (χ4n) is 3.80. The number of benzene rings is 3. The average molecular weight is 478 g/mol. The number of aromatic nitrogens is 3. The van der Waals surface area contributed by atoms with Gasteiger partial charge in [0, 0.05) is 28.7 Å². The van der Waals surface area contributed by atoms with Gasteiger partial charge in [0.2, 0.25) is 0 Å². The maximum absolute atomic E-state index is 13.5. The van der Waals surface area contributed by atoms with Gasteiger partial charge in [-0.1, -0.05) is 18.2 Å². The topological polar surface area (TPSA) is 62.7 Å². The Morgan fingerprint density at radius 2 is 1.60 bits per heavy atom. The van der Waals surface area contributed by atoms with Gasteiger partial charge in [-0.3, -0.25) is 4.79 Å². The first-order valence-electron chi connectivity index (χ1n) is 10.7. The van der Waals surface area contributed by atoms with E-state index in [9.17, 15) is 22.4 Å². The first-order valence-corrected chi connectivity index (χ1v) is 10.7. The summed E-state index contributed by atoms with van der Waals surface area (Å²) in [6, 6.07) is 21.4. The molecule has 0 atom stereocenters. The molecular weight excluding hydrogens is 460 g/mol. The molecule has 0 saturated carbocycles. The second-order valence-electron chi connectivity index (χ2n) is 7.92. The highest BCUT2D eigenvalue weighted by molar-refractivity contribution is 5.92. The van der Waals surface area contributed by atoms with Crippen molar-refractivity contribution in [1.82, 2.24) is 14.8 Å². The molecule has 2 heterocycles. The number of fused-ring (bicyclic) bond motifs is 1. The molecule has 2 N–H and O–H groups in total. The summed E-state index contributed by atoms with van der Waals surface area (Å²) in [6.45, 7) is 0.0794. The maximum atomic E-state index is 13.5. The van der Waals surface area contributed by atoms with E-state index < -0.39 is 11.7 Å². The smallest absolute Gasteiger partial charge is 0.381 e. The molecule has 9 heteroatoms. The van der Waals surface area contributed by atoms with Crippen LogP contribution < -0.4 is 10.9 Å². The number of hydrogen-bond donors (Lipinski definition) is 2. The lowest BCUT2D eigenvalue weighted by molar-refractivity contribution is -0.137. The van der Waals surface area contributed by atoms with E-state index in [1.807, 2.05) is 30.3 Å². The zero-order valence-corrected chi connectivity index (χ0v) is 18.1. The standard InChI is InChI=1S/C26H18F4N4O/c27-19-10-6-16(7-11-19)23-22-14-17(15-31-20-12-8-18(9-13-20)26(28,29)30)25(35)32-24(22)34(33-23)21-4-2-1-3-5-21/h1-14,31H,15H2,(H,32,35). The fraction of sp³-hybridized carbons (Fsp3) is 0.0769. The van der Waals surface area contributed by atoms with E-state index in [0.717, 1.165) is 17.8 Å². The zero-order valence-electron chi connectivity index (χ0n) is 18.1. The molecule has 5 aromatic rings. The van der Waals surface area contributed by atoms with Crippen LogP contribution in [0.3, 0.4) is 0 Å². The zero-order chi connectivity index (χ0) is 24.6. The van der Waals surface area contributed by atoms with Crippen LogP contribution in [-0.2, 0) is 12.7 Å². The van der Waals surface area contributed by atoms with Crippen molar-refractivity contribution in [3.63, 3.8) is 0 Å². The summed E-state index contributed by atoms with van der Waals surface area (Å²) in [7, 11) is 0. The molecular formula is C26H18F4N4O. The second-order valence-corrected chi connectivity index (χ2v) is 7.92. The van der Waals surface area contributed by atoms with Crippen LogP contribution in [0.4, 0.5) is 23.2 Å². The molecule has 2 aromatic heterocycles. The Morgan fingerprint density at radius 3 is 2.26 bits per heavy atom. The van der Waals surface area contributed by atoms with Gasteiger partial charge in [-0.2, -0.15) is 18.3 Å². The highest BCUT2D eigenvalue weighted by Gasteiger charge is 2.29. The molecule has 0 aliphatic rings. The maximum Gasteiger partial charge on any atom is 0.416 e. The molecule has 0 amide bonds. The van der Waals surface area contributed by atoms with E-state index in [-0.39, 0.29) is 17.9 Å². The lowest BCUT2D eigenvalue weighted by Crippen LogP contribution is -2.16. The van der Waals surface area contributed by atoms with Crippen LogP contribution in [0.25, 0.3) is 28.0 Å². The van der Waals surface area contributed by atoms with Gasteiger partial charge in [0.1, 0.15) is 17.2 Å².